The molecule has 1 nitrogen and oxygen atoms in total. The maximum Gasteiger partial charge on any atom is 0.139 e. The van der Waals surface area contributed by atoms with Crippen molar-refractivity contribution in [2.24, 2.45) is 0 Å². The van der Waals surface area contributed by atoms with E-state index in [0.717, 1.165) is 5.75 Å². The van der Waals surface area contributed by atoms with E-state index in [0.29, 0.717) is 0 Å². The largest absolute Gasteiger partial charge is 0.497 e. The van der Waals surface area contributed by atoms with Crippen LogP contribution in [-0.2, 0) is 0 Å². The van der Waals surface area contributed by atoms with Crippen molar-refractivity contribution in [1.29, 1.82) is 0 Å². The Hall–Kier alpha value is -0.915. The zero-order valence-corrected chi connectivity index (χ0v) is 6.64. The van der Waals surface area contributed by atoms with Gasteiger partial charge in [-0.3, -0.25) is 0 Å². The van der Waals surface area contributed by atoms with Gasteiger partial charge >= 0.3 is 0 Å². The zero-order chi connectivity index (χ0) is 7.56. The molecular formula is C8H11BO. The van der Waals surface area contributed by atoms with E-state index in [-0.39, 0.29) is 0 Å². The summed E-state index contributed by atoms with van der Waals surface area (Å²) in [6, 6.07) is 6.18. The van der Waals surface area contributed by atoms with E-state index >= 15 is 0 Å². The van der Waals surface area contributed by atoms with Gasteiger partial charge in [-0.2, -0.15) is 0 Å². The average molecular weight is 134 g/mol. The van der Waals surface area contributed by atoms with Crippen molar-refractivity contribution in [2.45, 2.75) is 6.92 Å². The third kappa shape index (κ3) is 1.32. The predicted octanol–water partition coefficient (Wildman–Crippen LogP) is 0.262. The fourth-order valence-corrected chi connectivity index (χ4v) is 0.927. The van der Waals surface area contributed by atoms with Crippen LogP contribution >= 0.6 is 0 Å². The summed E-state index contributed by atoms with van der Waals surface area (Å²) in [5.74, 6) is 0.972. The lowest BCUT2D eigenvalue weighted by atomic mass is 9.95. The lowest BCUT2D eigenvalue weighted by Crippen LogP contribution is -2.02. The second-order valence-corrected chi connectivity index (χ2v) is 2.47. The molecule has 1 rings (SSSR count). The van der Waals surface area contributed by atoms with Gasteiger partial charge in [0.2, 0.25) is 0 Å². The Labute approximate surface area is 62.4 Å². The van der Waals surface area contributed by atoms with E-state index in [1.165, 1.54) is 11.0 Å². The third-order valence-corrected chi connectivity index (χ3v) is 1.56. The predicted molar refractivity (Wildman–Crippen MR) is 45.9 cm³/mol. The van der Waals surface area contributed by atoms with Crippen LogP contribution in [0.2, 0.25) is 0 Å². The fraction of sp³-hybridized carbons (Fsp3) is 0.250. The Morgan fingerprint density at radius 2 is 2.10 bits per heavy atom. The van der Waals surface area contributed by atoms with Crippen LogP contribution in [0.15, 0.2) is 18.2 Å². The van der Waals surface area contributed by atoms with Gasteiger partial charge in [-0.25, -0.2) is 0 Å². The third-order valence-electron chi connectivity index (χ3n) is 1.56. The molecule has 1 aromatic carbocycles. The molecule has 0 saturated heterocycles. The van der Waals surface area contributed by atoms with E-state index in [1.54, 1.807) is 7.11 Å². The number of methoxy groups -OCH3 is 1. The molecule has 0 aliphatic rings. The van der Waals surface area contributed by atoms with Crippen LogP contribution in [0.25, 0.3) is 0 Å². The Kier molecular flexibility index (Phi) is 2.00. The molecule has 0 unspecified atom stereocenters. The summed E-state index contributed by atoms with van der Waals surface area (Å²) in [5, 5.41) is 0. The first kappa shape index (κ1) is 7.20. The van der Waals surface area contributed by atoms with Crippen molar-refractivity contribution in [3.05, 3.63) is 23.8 Å². The molecule has 2 heteroatoms. The van der Waals surface area contributed by atoms with Gasteiger partial charge in [-0.1, -0.05) is 17.6 Å². The van der Waals surface area contributed by atoms with Crippen LogP contribution in [0, 0.1) is 6.92 Å². The van der Waals surface area contributed by atoms with E-state index in [2.05, 4.69) is 20.0 Å². The van der Waals surface area contributed by atoms with Gasteiger partial charge < -0.3 is 4.74 Å². The summed E-state index contributed by atoms with van der Waals surface area (Å²) in [5.41, 5.74) is 2.43. The normalized spacial score (nSPS) is 9.40. The summed E-state index contributed by atoms with van der Waals surface area (Å²) in [4.78, 5) is 0. The van der Waals surface area contributed by atoms with Gasteiger partial charge in [0, 0.05) is 0 Å². The summed E-state index contributed by atoms with van der Waals surface area (Å²) in [7, 11) is 3.75. The van der Waals surface area contributed by atoms with Gasteiger partial charge in [0.1, 0.15) is 13.6 Å². The SMILES string of the molecule is Bc1ccc(C)c(OC)c1. The van der Waals surface area contributed by atoms with Crippen molar-refractivity contribution in [1.82, 2.24) is 0 Å². The molecule has 10 heavy (non-hydrogen) atoms. The molecule has 0 radical (unpaired) electrons. The van der Waals surface area contributed by atoms with Gasteiger partial charge in [-0.05, 0) is 18.6 Å². The summed E-state index contributed by atoms with van der Waals surface area (Å²) < 4.78 is 5.13. The molecule has 0 fully saturated rings. The zero-order valence-electron chi connectivity index (χ0n) is 6.64. The summed E-state index contributed by atoms with van der Waals surface area (Å²) in [6.45, 7) is 2.04. The quantitative estimate of drug-likeness (QED) is 0.500. The highest BCUT2D eigenvalue weighted by atomic mass is 16.5. The highest BCUT2D eigenvalue weighted by molar-refractivity contribution is 6.32. The Morgan fingerprint density at radius 3 is 2.60 bits per heavy atom. The number of hydrogen-bond acceptors (Lipinski definition) is 1. The molecule has 0 amide bonds. The van der Waals surface area contributed by atoms with Crippen molar-refractivity contribution in [2.75, 3.05) is 7.11 Å². The van der Waals surface area contributed by atoms with Gasteiger partial charge in [0.25, 0.3) is 0 Å². The standard InChI is InChI=1S/C8H11BO/c1-6-3-4-7(9)5-8(6)10-2/h3-5H,9H2,1-2H3. The highest BCUT2D eigenvalue weighted by Gasteiger charge is 1.94. The average Bonchev–Trinajstić information content (AvgIpc) is 1.94. The number of benzene rings is 1. The first-order valence-electron chi connectivity index (χ1n) is 3.35. The second kappa shape index (κ2) is 2.78. The Bertz CT molecular complexity index is 233. The molecule has 52 valence electrons. The van der Waals surface area contributed by atoms with Gasteiger partial charge in [0.05, 0.1) is 7.11 Å². The molecular weight excluding hydrogens is 123 g/mol. The molecule has 0 aromatic heterocycles. The lowest BCUT2D eigenvalue weighted by molar-refractivity contribution is 0.412. The smallest absolute Gasteiger partial charge is 0.139 e. The maximum absolute atomic E-state index is 5.13. The van der Waals surface area contributed by atoms with E-state index in [1.807, 2.05) is 13.0 Å². The van der Waals surface area contributed by atoms with Crippen molar-refractivity contribution in [3.63, 3.8) is 0 Å². The van der Waals surface area contributed by atoms with Crippen LogP contribution < -0.4 is 10.2 Å². The minimum absolute atomic E-state index is 0.972. The lowest BCUT2D eigenvalue weighted by Gasteiger charge is -2.03. The molecule has 1 aromatic rings. The summed E-state index contributed by atoms with van der Waals surface area (Å²) >= 11 is 0. The van der Waals surface area contributed by atoms with Crippen molar-refractivity contribution in [3.8, 4) is 5.75 Å². The molecule has 0 N–H and O–H groups in total. The van der Waals surface area contributed by atoms with Gasteiger partial charge in [0.15, 0.2) is 0 Å². The number of ether oxygens (including phenoxy) is 1. The molecule has 0 bridgehead atoms. The van der Waals surface area contributed by atoms with Crippen molar-refractivity contribution >= 4 is 13.3 Å². The Balaban J connectivity index is 3.09. The van der Waals surface area contributed by atoms with Crippen LogP contribution in [0.4, 0.5) is 0 Å². The van der Waals surface area contributed by atoms with Crippen molar-refractivity contribution < 1.29 is 4.74 Å². The first-order chi connectivity index (χ1) is 4.74. The van der Waals surface area contributed by atoms with Crippen LogP contribution in [0.1, 0.15) is 5.56 Å². The number of rotatable bonds is 1. The van der Waals surface area contributed by atoms with E-state index < -0.39 is 0 Å². The fourth-order valence-electron chi connectivity index (χ4n) is 0.927. The Morgan fingerprint density at radius 1 is 1.40 bits per heavy atom. The maximum atomic E-state index is 5.13. The highest BCUT2D eigenvalue weighted by Crippen LogP contribution is 2.13. The van der Waals surface area contributed by atoms with Crippen LogP contribution in [0.5, 0.6) is 5.75 Å². The second-order valence-electron chi connectivity index (χ2n) is 2.47. The van der Waals surface area contributed by atoms with E-state index in [4.69, 9.17) is 4.74 Å². The monoisotopic (exact) mass is 134 g/mol. The number of hydrogen-bond donors (Lipinski definition) is 0. The molecule has 0 heterocycles. The minimum atomic E-state index is 0.972. The molecule has 0 aliphatic heterocycles. The minimum Gasteiger partial charge on any atom is -0.497 e. The summed E-state index contributed by atoms with van der Waals surface area (Å²) in [6.07, 6.45) is 0. The number of aryl methyl sites for hydroxylation is 1. The molecule has 0 spiro atoms. The molecule has 0 atom stereocenters. The first-order valence-corrected chi connectivity index (χ1v) is 3.35. The van der Waals surface area contributed by atoms with E-state index in [9.17, 15) is 0 Å². The molecule has 0 aliphatic carbocycles. The van der Waals surface area contributed by atoms with Crippen LogP contribution in [-0.4, -0.2) is 15.0 Å². The topological polar surface area (TPSA) is 9.23 Å². The van der Waals surface area contributed by atoms with Crippen LogP contribution in [0.3, 0.4) is 0 Å². The van der Waals surface area contributed by atoms with Gasteiger partial charge in [-0.15, -0.1) is 0 Å². The molecule has 0 saturated carbocycles.